The minimum absolute atomic E-state index is 0.360. The molecule has 1 unspecified atom stereocenters. The van der Waals surface area contributed by atoms with E-state index in [0.29, 0.717) is 12.0 Å². The molecule has 0 aromatic heterocycles. The lowest BCUT2D eigenvalue weighted by atomic mass is 10.0. The van der Waals surface area contributed by atoms with Gasteiger partial charge in [0, 0.05) is 26.2 Å². The number of halogens is 2. The highest BCUT2D eigenvalue weighted by Gasteiger charge is 2.19. The van der Waals surface area contributed by atoms with E-state index in [0.717, 1.165) is 19.6 Å². The van der Waals surface area contributed by atoms with Crippen LogP contribution in [0, 0.1) is 0 Å². The molecule has 2 N–H and O–H groups in total. The molecule has 6 heteroatoms. The van der Waals surface area contributed by atoms with E-state index in [9.17, 15) is 8.78 Å². The second kappa shape index (κ2) is 9.07. The van der Waals surface area contributed by atoms with Crippen molar-refractivity contribution in [2.45, 2.75) is 45.1 Å². The summed E-state index contributed by atoms with van der Waals surface area (Å²) in [6.45, 7) is 4.68. The molecule has 0 bridgehead atoms. The molecule has 4 nitrogen and oxygen atoms in total. The first kappa shape index (κ1) is 16.1. The molecule has 1 aliphatic rings. The van der Waals surface area contributed by atoms with E-state index in [4.69, 9.17) is 0 Å². The van der Waals surface area contributed by atoms with Gasteiger partial charge in [0.1, 0.15) is 0 Å². The van der Waals surface area contributed by atoms with Crippen molar-refractivity contribution in [3.8, 4) is 0 Å². The normalized spacial score (nSPS) is 21.7. The molecule has 1 atom stereocenters. The van der Waals surface area contributed by atoms with Crippen LogP contribution in [0.2, 0.25) is 0 Å². The van der Waals surface area contributed by atoms with Gasteiger partial charge < -0.3 is 10.6 Å². The summed E-state index contributed by atoms with van der Waals surface area (Å²) in [5.41, 5.74) is 0. The van der Waals surface area contributed by atoms with Crippen LogP contribution in [0.3, 0.4) is 0 Å². The maximum Gasteiger partial charge on any atom is 0.255 e. The number of hydrogen-bond acceptors (Lipinski definition) is 2. The zero-order chi connectivity index (χ0) is 14.1. The molecule has 0 spiro atoms. The number of nitrogens with one attached hydrogen (secondary N) is 2. The van der Waals surface area contributed by atoms with Crippen LogP contribution in [-0.2, 0) is 0 Å². The Kier molecular flexibility index (Phi) is 7.70. The lowest BCUT2D eigenvalue weighted by Crippen LogP contribution is -2.46. The molecule has 0 aromatic rings. The maximum absolute atomic E-state index is 12.1. The SMILES string of the molecule is CCC1CCCCN1CCNC(=NC)NCC(F)F. The van der Waals surface area contributed by atoms with Crippen LogP contribution >= 0.6 is 0 Å². The molecule has 0 aromatic carbocycles. The van der Waals surface area contributed by atoms with Crippen molar-refractivity contribution in [1.29, 1.82) is 0 Å². The van der Waals surface area contributed by atoms with Crippen molar-refractivity contribution in [3.63, 3.8) is 0 Å². The molecule has 0 saturated carbocycles. The van der Waals surface area contributed by atoms with Crippen LogP contribution in [-0.4, -0.2) is 56.6 Å². The number of hydrogen-bond donors (Lipinski definition) is 2. The summed E-state index contributed by atoms with van der Waals surface area (Å²) in [7, 11) is 1.59. The summed E-state index contributed by atoms with van der Waals surface area (Å²) >= 11 is 0. The zero-order valence-electron chi connectivity index (χ0n) is 12.0. The Hall–Kier alpha value is -0.910. The van der Waals surface area contributed by atoms with Crippen molar-refractivity contribution in [2.75, 3.05) is 33.2 Å². The largest absolute Gasteiger partial charge is 0.355 e. The molecule has 1 aliphatic heterocycles. The fourth-order valence-electron chi connectivity index (χ4n) is 2.53. The Labute approximate surface area is 114 Å². The number of alkyl halides is 2. The third-order valence-electron chi connectivity index (χ3n) is 3.56. The zero-order valence-corrected chi connectivity index (χ0v) is 12.0. The van der Waals surface area contributed by atoms with Crippen molar-refractivity contribution < 1.29 is 8.78 Å². The summed E-state index contributed by atoms with van der Waals surface area (Å²) in [4.78, 5) is 6.41. The molecule has 0 amide bonds. The van der Waals surface area contributed by atoms with E-state index in [2.05, 4.69) is 27.4 Å². The molecule has 0 aliphatic carbocycles. The summed E-state index contributed by atoms with van der Waals surface area (Å²) in [6, 6.07) is 0.673. The van der Waals surface area contributed by atoms with E-state index < -0.39 is 6.43 Å². The third kappa shape index (κ3) is 6.18. The van der Waals surface area contributed by atoms with Gasteiger partial charge in [0.05, 0.1) is 6.54 Å². The van der Waals surface area contributed by atoms with Crippen molar-refractivity contribution in [3.05, 3.63) is 0 Å². The quantitative estimate of drug-likeness (QED) is 0.573. The van der Waals surface area contributed by atoms with Crippen molar-refractivity contribution >= 4 is 5.96 Å². The number of aliphatic imine (C=N–C) groups is 1. The van der Waals surface area contributed by atoms with E-state index in [1.807, 2.05) is 0 Å². The van der Waals surface area contributed by atoms with Gasteiger partial charge in [0.25, 0.3) is 6.43 Å². The van der Waals surface area contributed by atoms with Gasteiger partial charge in [0.15, 0.2) is 5.96 Å². The first-order valence-electron chi connectivity index (χ1n) is 7.14. The molecular weight excluding hydrogens is 250 g/mol. The highest BCUT2D eigenvalue weighted by molar-refractivity contribution is 5.79. The first-order valence-corrected chi connectivity index (χ1v) is 7.14. The summed E-state index contributed by atoms with van der Waals surface area (Å²) in [6.07, 6.45) is 2.67. The number of rotatable bonds is 6. The Balaban J connectivity index is 2.23. The lowest BCUT2D eigenvalue weighted by molar-refractivity contribution is 0.146. The predicted octanol–water partition coefficient (Wildman–Crippen LogP) is 1.68. The average Bonchev–Trinajstić information content (AvgIpc) is 2.42. The molecule has 1 heterocycles. The Morgan fingerprint density at radius 1 is 1.37 bits per heavy atom. The average molecular weight is 276 g/mol. The van der Waals surface area contributed by atoms with E-state index in [1.54, 1.807) is 7.05 Å². The number of nitrogens with zero attached hydrogens (tertiary/aromatic N) is 2. The highest BCUT2D eigenvalue weighted by Crippen LogP contribution is 2.18. The van der Waals surface area contributed by atoms with Crippen LogP contribution in [0.25, 0.3) is 0 Å². The second-order valence-electron chi connectivity index (χ2n) is 4.86. The third-order valence-corrected chi connectivity index (χ3v) is 3.56. The summed E-state index contributed by atoms with van der Waals surface area (Å²) < 4.78 is 24.2. The van der Waals surface area contributed by atoms with Crippen LogP contribution in [0.1, 0.15) is 32.6 Å². The topological polar surface area (TPSA) is 39.7 Å². The maximum atomic E-state index is 12.1. The van der Waals surface area contributed by atoms with Crippen LogP contribution in [0.4, 0.5) is 8.78 Å². The van der Waals surface area contributed by atoms with Gasteiger partial charge in [-0.05, 0) is 25.8 Å². The van der Waals surface area contributed by atoms with Crippen LogP contribution in [0.15, 0.2) is 4.99 Å². The lowest BCUT2D eigenvalue weighted by Gasteiger charge is -2.35. The standard InChI is InChI=1S/C13H26F2N4/c1-3-11-6-4-5-8-19(11)9-7-17-13(16-2)18-10-12(14)15/h11-12H,3-10H2,1-2H3,(H2,16,17,18). The highest BCUT2D eigenvalue weighted by atomic mass is 19.3. The predicted molar refractivity (Wildman–Crippen MR) is 74.9 cm³/mol. The van der Waals surface area contributed by atoms with Gasteiger partial charge in [-0.15, -0.1) is 0 Å². The summed E-state index contributed by atoms with van der Waals surface area (Å²) in [5.74, 6) is 0.449. The molecule has 1 fully saturated rings. The Morgan fingerprint density at radius 3 is 2.79 bits per heavy atom. The van der Waals surface area contributed by atoms with E-state index >= 15 is 0 Å². The molecule has 1 rings (SSSR count). The van der Waals surface area contributed by atoms with Crippen molar-refractivity contribution in [1.82, 2.24) is 15.5 Å². The van der Waals surface area contributed by atoms with Gasteiger partial charge in [-0.2, -0.15) is 0 Å². The van der Waals surface area contributed by atoms with Gasteiger partial charge in [-0.3, -0.25) is 9.89 Å². The van der Waals surface area contributed by atoms with Gasteiger partial charge >= 0.3 is 0 Å². The minimum Gasteiger partial charge on any atom is -0.355 e. The fourth-order valence-corrected chi connectivity index (χ4v) is 2.53. The van der Waals surface area contributed by atoms with E-state index in [1.165, 1.54) is 25.7 Å². The number of piperidine rings is 1. The van der Waals surface area contributed by atoms with Crippen LogP contribution < -0.4 is 10.6 Å². The van der Waals surface area contributed by atoms with E-state index in [-0.39, 0.29) is 6.54 Å². The number of guanidine groups is 1. The fraction of sp³-hybridized carbons (Fsp3) is 0.923. The molecular formula is C13H26F2N4. The van der Waals surface area contributed by atoms with Crippen molar-refractivity contribution in [2.24, 2.45) is 4.99 Å². The van der Waals surface area contributed by atoms with Crippen LogP contribution in [0.5, 0.6) is 0 Å². The minimum atomic E-state index is -2.36. The summed E-state index contributed by atoms with van der Waals surface area (Å²) in [5, 5.41) is 5.68. The van der Waals surface area contributed by atoms with Gasteiger partial charge in [-0.1, -0.05) is 13.3 Å². The molecule has 19 heavy (non-hydrogen) atoms. The Bertz CT molecular complexity index is 271. The van der Waals surface area contributed by atoms with Gasteiger partial charge in [0.2, 0.25) is 0 Å². The molecule has 1 saturated heterocycles. The monoisotopic (exact) mass is 276 g/mol. The Morgan fingerprint density at radius 2 is 2.16 bits per heavy atom. The second-order valence-corrected chi connectivity index (χ2v) is 4.86. The smallest absolute Gasteiger partial charge is 0.255 e. The molecule has 0 radical (unpaired) electrons. The van der Waals surface area contributed by atoms with Gasteiger partial charge in [-0.25, -0.2) is 8.78 Å². The number of likely N-dealkylation sites (tertiary alicyclic amines) is 1. The first-order chi connectivity index (χ1) is 9.17. The molecule has 112 valence electrons.